The Morgan fingerprint density at radius 3 is 2.67 bits per heavy atom. The predicted octanol–water partition coefficient (Wildman–Crippen LogP) is 2.26. The van der Waals surface area contributed by atoms with Gasteiger partial charge >= 0.3 is 0 Å². The van der Waals surface area contributed by atoms with E-state index < -0.39 is 10.0 Å². The highest BCUT2D eigenvalue weighted by Crippen LogP contribution is 2.23. The molecule has 7 heteroatoms. The van der Waals surface area contributed by atoms with Crippen LogP contribution in [0.2, 0.25) is 0 Å². The first-order valence-corrected chi connectivity index (χ1v) is 9.18. The van der Waals surface area contributed by atoms with Gasteiger partial charge in [-0.25, -0.2) is 13.1 Å². The number of sulfonamides is 1. The summed E-state index contributed by atoms with van der Waals surface area (Å²) in [7, 11) is -2.01. The Kier molecular flexibility index (Phi) is 7.83. The van der Waals surface area contributed by atoms with Gasteiger partial charge in [-0.05, 0) is 53.5 Å². The molecule has 0 saturated heterocycles. The molecule has 1 atom stereocenters. The molecule has 0 heterocycles. The number of methoxy groups -OCH3 is 1. The van der Waals surface area contributed by atoms with Crippen LogP contribution in [0.5, 0.6) is 0 Å². The number of hydrogen-bond donors (Lipinski definition) is 2. The number of ether oxygens (including phenoxy) is 1. The van der Waals surface area contributed by atoms with Gasteiger partial charge in [0.15, 0.2) is 0 Å². The average Bonchev–Trinajstić information content (AvgIpc) is 2.38. The molecule has 2 N–H and O–H groups in total. The van der Waals surface area contributed by atoms with E-state index in [4.69, 9.17) is 4.74 Å². The van der Waals surface area contributed by atoms with Gasteiger partial charge in [-0.3, -0.25) is 0 Å². The summed E-state index contributed by atoms with van der Waals surface area (Å²) >= 11 is 3.34. The van der Waals surface area contributed by atoms with E-state index in [1.807, 2.05) is 12.1 Å². The normalized spacial score (nSPS) is 13.3. The molecule has 0 saturated carbocycles. The lowest BCUT2D eigenvalue weighted by Crippen LogP contribution is -2.35. The van der Waals surface area contributed by atoms with E-state index >= 15 is 0 Å². The number of nitrogens with one attached hydrogen (secondary N) is 2. The van der Waals surface area contributed by atoms with Crippen LogP contribution in [0.4, 0.5) is 0 Å². The molecule has 1 aromatic rings. The number of benzene rings is 1. The SMILES string of the molecule is CCCNCc1ccc(S(=O)(=O)NC(C)COC)c(Br)c1. The Labute approximate surface area is 135 Å². The Hall–Kier alpha value is -0.470. The summed E-state index contributed by atoms with van der Waals surface area (Å²) in [5, 5.41) is 3.28. The lowest BCUT2D eigenvalue weighted by Gasteiger charge is -2.15. The third kappa shape index (κ3) is 6.04. The maximum Gasteiger partial charge on any atom is 0.242 e. The molecule has 0 aromatic heterocycles. The largest absolute Gasteiger partial charge is 0.383 e. The van der Waals surface area contributed by atoms with Crippen LogP contribution in [-0.2, 0) is 21.3 Å². The van der Waals surface area contributed by atoms with Crippen LogP contribution in [0.25, 0.3) is 0 Å². The molecule has 0 aliphatic heterocycles. The molecule has 120 valence electrons. The highest BCUT2D eigenvalue weighted by Gasteiger charge is 2.20. The smallest absolute Gasteiger partial charge is 0.242 e. The second kappa shape index (κ2) is 8.85. The van der Waals surface area contributed by atoms with Crippen LogP contribution < -0.4 is 10.0 Å². The van der Waals surface area contributed by atoms with Crippen molar-refractivity contribution >= 4 is 26.0 Å². The fraction of sp³-hybridized carbons (Fsp3) is 0.571. The van der Waals surface area contributed by atoms with Crippen molar-refractivity contribution in [2.75, 3.05) is 20.3 Å². The fourth-order valence-corrected chi connectivity index (χ4v) is 4.25. The van der Waals surface area contributed by atoms with Crippen LogP contribution in [0, 0.1) is 0 Å². The Bertz CT molecular complexity index is 549. The lowest BCUT2D eigenvalue weighted by atomic mass is 10.2. The van der Waals surface area contributed by atoms with Crippen molar-refractivity contribution < 1.29 is 13.2 Å². The molecule has 0 spiro atoms. The first-order valence-electron chi connectivity index (χ1n) is 6.91. The van der Waals surface area contributed by atoms with Crippen LogP contribution >= 0.6 is 15.9 Å². The van der Waals surface area contributed by atoms with Gasteiger partial charge in [0.2, 0.25) is 10.0 Å². The summed E-state index contributed by atoms with van der Waals surface area (Å²) in [6, 6.07) is 4.99. The molecule has 0 aliphatic carbocycles. The second-order valence-corrected chi connectivity index (χ2v) is 7.46. The summed E-state index contributed by atoms with van der Waals surface area (Å²) in [5.74, 6) is 0. The monoisotopic (exact) mass is 378 g/mol. The molecule has 1 rings (SSSR count). The van der Waals surface area contributed by atoms with Crippen molar-refractivity contribution in [1.82, 2.24) is 10.0 Å². The Balaban J connectivity index is 2.83. The van der Waals surface area contributed by atoms with Crippen molar-refractivity contribution in [1.29, 1.82) is 0 Å². The topological polar surface area (TPSA) is 67.4 Å². The molecule has 1 aromatic carbocycles. The molecule has 0 radical (unpaired) electrons. The molecule has 1 unspecified atom stereocenters. The van der Waals surface area contributed by atoms with Gasteiger partial charge in [0.25, 0.3) is 0 Å². The van der Waals surface area contributed by atoms with Gasteiger partial charge in [-0.1, -0.05) is 13.0 Å². The van der Waals surface area contributed by atoms with E-state index in [2.05, 4.69) is 32.9 Å². The maximum absolute atomic E-state index is 12.3. The van der Waals surface area contributed by atoms with Crippen LogP contribution in [0.3, 0.4) is 0 Å². The van der Waals surface area contributed by atoms with Crippen LogP contribution in [0.1, 0.15) is 25.8 Å². The van der Waals surface area contributed by atoms with Gasteiger partial charge in [0, 0.05) is 24.2 Å². The van der Waals surface area contributed by atoms with E-state index in [9.17, 15) is 8.42 Å². The third-order valence-electron chi connectivity index (χ3n) is 2.81. The Morgan fingerprint density at radius 2 is 2.10 bits per heavy atom. The van der Waals surface area contributed by atoms with Crippen molar-refractivity contribution in [2.45, 2.75) is 37.8 Å². The molecule has 5 nitrogen and oxygen atoms in total. The minimum atomic E-state index is -3.55. The minimum absolute atomic E-state index is 0.240. The van der Waals surface area contributed by atoms with Gasteiger partial charge in [-0.15, -0.1) is 0 Å². The van der Waals surface area contributed by atoms with Crippen molar-refractivity contribution in [3.8, 4) is 0 Å². The zero-order valence-corrected chi connectivity index (χ0v) is 15.1. The van der Waals surface area contributed by atoms with E-state index in [0.29, 0.717) is 11.1 Å². The maximum atomic E-state index is 12.3. The van der Waals surface area contributed by atoms with Crippen molar-refractivity contribution in [3.05, 3.63) is 28.2 Å². The number of halogens is 1. The molecule has 0 bridgehead atoms. The van der Waals surface area contributed by atoms with Crippen molar-refractivity contribution in [2.24, 2.45) is 0 Å². The van der Waals surface area contributed by atoms with Crippen molar-refractivity contribution in [3.63, 3.8) is 0 Å². The van der Waals surface area contributed by atoms with Gasteiger partial charge in [0.05, 0.1) is 11.5 Å². The third-order valence-corrected chi connectivity index (χ3v) is 5.38. The first kappa shape index (κ1) is 18.6. The van der Waals surface area contributed by atoms with Gasteiger partial charge in [0.1, 0.15) is 0 Å². The minimum Gasteiger partial charge on any atom is -0.383 e. The summed E-state index contributed by atoms with van der Waals surface area (Å²) in [6.07, 6.45) is 1.06. The standard InChI is InChI=1S/C14H23BrN2O3S/c1-4-7-16-9-12-5-6-14(13(15)8-12)21(18,19)17-11(2)10-20-3/h5-6,8,11,16-17H,4,7,9-10H2,1-3H3. The van der Waals surface area contributed by atoms with E-state index in [-0.39, 0.29) is 10.9 Å². The fourth-order valence-electron chi connectivity index (χ4n) is 1.89. The first-order chi connectivity index (χ1) is 9.90. The summed E-state index contributed by atoms with van der Waals surface area (Å²) < 4.78 is 32.7. The average molecular weight is 379 g/mol. The predicted molar refractivity (Wildman–Crippen MR) is 87.8 cm³/mol. The number of hydrogen-bond acceptors (Lipinski definition) is 4. The highest BCUT2D eigenvalue weighted by atomic mass is 79.9. The molecule has 21 heavy (non-hydrogen) atoms. The van der Waals surface area contributed by atoms with Gasteiger partial charge in [-0.2, -0.15) is 0 Å². The summed E-state index contributed by atoms with van der Waals surface area (Å²) in [6.45, 7) is 5.85. The van der Waals surface area contributed by atoms with Gasteiger partial charge < -0.3 is 10.1 Å². The molecule has 0 aliphatic rings. The highest BCUT2D eigenvalue weighted by molar-refractivity contribution is 9.10. The molecule has 0 fully saturated rings. The Morgan fingerprint density at radius 1 is 1.38 bits per heavy atom. The molecular weight excluding hydrogens is 356 g/mol. The summed E-state index contributed by atoms with van der Waals surface area (Å²) in [5.41, 5.74) is 1.04. The quantitative estimate of drug-likeness (QED) is 0.646. The van der Waals surface area contributed by atoms with Crippen LogP contribution in [-0.4, -0.2) is 34.7 Å². The van der Waals surface area contributed by atoms with Crippen LogP contribution in [0.15, 0.2) is 27.6 Å². The second-order valence-electron chi connectivity index (χ2n) is 4.92. The summed E-state index contributed by atoms with van der Waals surface area (Å²) in [4.78, 5) is 0.240. The number of rotatable bonds is 9. The zero-order valence-electron chi connectivity index (χ0n) is 12.6. The zero-order chi connectivity index (χ0) is 15.9. The lowest BCUT2D eigenvalue weighted by molar-refractivity contribution is 0.180. The van der Waals surface area contributed by atoms with E-state index in [1.54, 1.807) is 20.1 Å². The molecule has 0 amide bonds. The van der Waals surface area contributed by atoms with E-state index in [1.165, 1.54) is 0 Å². The van der Waals surface area contributed by atoms with E-state index in [0.717, 1.165) is 25.1 Å². The molecular formula is C14H23BrN2O3S.